The number of piperazine rings is 1. The highest BCUT2D eigenvalue weighted by atomic mass is 32.1. The lowest BCUT2D eigenvalue weighted by molar-refractivity contribution is -0.140. The standard InChI is InChI=1S/C28H34N4O4S/c1-20(30-28(34)27(33)29-19-21-10-12-22(35-2)13-11-21)26(25-9-6-18-37-25)32-16-14-31(15-17-32)23-7-4-5-8-24(23)36-3/h4-13,18,20,26H,14-17,19H2,1-3H3,(H,29,33)(H,30,34)/t20-,26+/m0/s1. The number of rotatable bonds is 9. The molecule has 4 rings (SSSR count). The third-order valence-corrected chi connectivity index (χ3v) is 7.56. The second-order valence-electron chi connectivity index (χ2n) is 8.95. The maximum absolute atomic E-state index is 12.8. The van der Waals surface area contributed by atoms with Crippen LogP contribution in [0.1, 0.15) is 23.4 Å². The number of amides is 2. The minimum Gasteiger partial charge on any atom is -0.497 e. The predicted molar refractivity (Wildman–Crippen MR) is 146 cm³/mol. The molecular weight excluding hydrogens is 488 g/mol. The van der Waals surface area contributed by atoms with E-state index < -0.39 is 11.8 Å². The molecule has 2 N–H and O–H groups in total. The molecule has 1 fully saturated rings. The number of methoxy groups -OCH3 is 2. The molecule has 2 atom stereocenters. The SMILES string of the molecule is COc1ccc(CNC(=O)C(=O)N[C@@H](C)[C@H](c2cccs2)N2CCN(c3ccccc3OC)CC2)cc1. The fraction of sp³-hybridized carbons (Fsp3) is 0.357. The average Bonchev–Trinajstić information content (AvgIpc) is 3.46. The minimum absolute atomic E-state index is 0.0295. The summed E-state index contributed by atoms with van der Waals surface area (Å²) in [6.07, 6.45) is 0. The smallest absolute Gasteiger partial charge is 0.309 e. The van der Waals surface area contributed by atoms with Gasteiger partial charge in [0, 0.05) is 43.6 Å². The van der Waals surface area contributed by atoms with Crippen molar-refractivity contribution in [3.05, 3.63) is 76.5 Å². The zero-order valence-corrected chi connectivity index (χ0v) is 22.3. The summed E-state index contributed by atoms with van der Waals surface area (Å²) in [5, 5.41) is 7.69. The summed E-state index contributed by atoms with van der Waals surface area (Å²) < 4.78 is 10.7. The van der Waals surface area contributed by atoms with Crippen molar-refractivity contribution in [3.63, 3.8) is 0 Å². The highest BCUT2D eigenvalue weighted by Gasteiger charge is 2.32. The molecule has 0 saturated carbocycles. The Hall–Kier alpha value is -3.56. The molecule has 37 heavy (non-hydrogen) atoms. The molecule has 1 saturated heterocycles. The van der Waals surface area contributed by atoms with E-state index in [9.17, 15) is 9.59 Å². The summed E-state index contributed by atoms with van der Waals surface area (Å²) >= 11 is 1.66. The van der Waals surface area contributed by atoms with Gasteiger partial charge in [0.05, 0.1) is 25.9 Å². The zero-order chi connectivity index (χ0) is 26.2. The zero-order valence-electron chi connectivity index (χ0n) is 21.5. The van der Waals surface area contributed by atoms with Crippen molar-refractivity contribution in [3.8, 4) is 11.5 Å². The topological polar surface area (TPSA) is 83.1 Å². The van der Waals surface area contributed by atoms with Gasteiger partial charge in [-0.2, -0.15) is 0 Å². The fourth-order valence-corrected chi connectivity index (χ4v) is 5.66. The monoisotopic (exact) mass is 522 g/mol. The number of carbonyl (C=O) groups is 2. The predicted octanol–water partition coefficient (Wildman–Crippen LogP) is 3.45. The van der Waals surface area contributed by atoms with E-state index in [-0.39, 0.29) is 18.6 Å². The first kappa shape index (κ1) is 26.5. The van der Waals surface area contributed by atoms with Crippen molar-refractivity contribution in [1.82, 2.24) is 15.5 Å². The molecule has 0 unspecified atom stereocenters. The lowest BCUT2D eigenvalue weighted by Gasteiger charge is -2.42. The highest BCUT2D eigenvalue weighted by molar-refractivity contribution is 7.10. The van der Waals surface area contributed by atoms with E-state index in [2.05, 4.69) is 32.6 Å². The van der Waals surface area contributed by atoms with Crippen LogP contribution in [-0.4, -0.2) is 63.2 Å². The van der Waals surface area contributed by atoms with Gasteiger partial charge in [-0.25, -0.2) is 0 Å². The largest absolute Gasteiger partial charge is 0.497 e. The van der Waals surface area contributed by atoms with Gasteiger partial charge >= 0.3 is 11.8 Å². The van der Waals surface area contributed by atoms with Gasteiger partial charge in [0.25, 0.3) is 0 Å². The number of nitrogens with zero attached hydrogens (tertiary/aromatic N) is 2. The van der Waals surface area contributed by atoms with Gasteiger partial charge in [-0.15, -0.1) is 11.3 Å². The van der Waals surface area contributed by atoms with Crippen LogP contribution in [-0.2, 0) is 16.1 Å². The van der Waals surface area contributed by atoms with Crippen LogP contribution < -0.4 is 25.0 Å². The normalized spacial score (nSPS) is 15.5. The van der Waals surface area contributed by atoms with Gasteiger partial charge in [0.2, 0.25) is 0 Å². The lowest BCUT2D eigenvalue weighted by Crippen LogP contribution is -2.53. The molecule has 2 heterocycles. The quantitative estimate of drug-likeness (QED) is 0.419. The van der Waals surface area contributed by atoms with Crippen molar-refractivity contribution >= 4 is 28.8 Å². The number of nitrogens with one attached hydrogen (secondary N) is 2. The van der Waals surface area contributed by atoms with E-state index in [1.54, 1.807) is 25.6 Å². The summed E-state index contributed by atoms with van der Waals surface area (Å²) in [6.45, 7) is 5.56. The van der Waals surface area contributed by atoms with Crippen LogP contribution in [0.15, 0.2) is 66.0 Å². The molecule has 0 aliphatic carbocycles. The maximum Gasteiger partial charge on any atom is 0.309 e. The minimum atomic E-state index is -0.645. The number of benzene rings is 2. The third kappa shape index (κ3) is 6.61. The molecular formula is C28H34N4O4S. The van der Waals surface area contributed by atoms with Gasteiger partial charge in [0.1, 0.15) is 11.5 Å². The Morgan fingerprint density at radius 2 is 1.65 bits per heavy atom. The van der Waals surface area contributed by atoms with Crippen LogP contribution in [0, 0.1) is 0 Å². The highest BCUT2D eigenvalue weighted by Crippen LogP contribution is 2.32. The number of thiophene rings is 1. The Bertz CT molecular complexity index is 1160. The second-order valence-corrected chi connectivity index (χ2v) is 9.93. The molecule has 0 spiro atoms. The van der Waals surface area contributed by atoms with E-state index in [0.29, 0.717) is 0 Å². The maximum atomic E-state index is 12.8. The summed E-state index contributed by atoms with van der Waals surface area (Å²) in [5.74, 6) is 0.334. The van der Waals surface area contributed by atoms with Crippen molar-refractivity contribution < 1.29 is 19.1 Å². The first-order valence-corrected chi connectivity index (χ1v) is 13.2. The molecule has 1 aliphatic rings. The van der Waals surface area contributed by atoms with Crippen molar-refractivity contribution in [2.75, 3.05) is 45.3 Å². The number of anilines is 1. The Labute approximate surface area is 222 Å². The van der Waals surface area contributed by atoms with Crippen molar-refractivity contribution in [2.24, 2.45) is 0 Å². The molecule has 2 amide bonds. The van der Waals surface area contributed by atoms with E-state index in [1.807, 2.05) is 60.8 Å². The first-order valence-electron chi connectivity index (χ1n) is 12.4. The van der Waals surface area contributed by atoms with Gasteiger partial charge < -0.3 is 25.0 Å². The molecule has 8 nitrogen and oxygen atoms in total. The summed E-state index contributed by atoms with van der Waals surface area (Å²) in [4.78, 5) is 31.2. The number of ether oxygens (including phenoxy) is 2. The number of hydrogen-bond acceptors (Lipinski definition) is 7. The van der Waals surface area contributed by atoms with Crippen molar-refractivity contribution in [1.29, 1.82) is 0 Å². The number of carbonyl (C=O) groups excluding carboxylic acids is 2. The van der Waals surface area contributed by atoms with Gasteiger partial charge in [-0.1, -0.05) is 30.3 Å². The van der Waals surface area contributed by atoms with E-state index in [0.717, 1.165) is 53.8 Å². The average molecular weight is 523 g/mol. The Kier molecular flexibility index (Phi) is 9.03. The first-order chi connectivity index (χ1) is 18.0. The van der Waals surface area contributed by atoms with Gasteiger partial charge in [-0.3, -0.25) is 14.5 Å². The Morgan fingerprint density at radius 1 is 0.919 bits per heavy atom. The van der Waals surface area contributed by atoms with Crippen molar-refractivity contribution in [2.45, 2.75) is 25.6 Å². The second kappa shape index (κ2) is 12.6. The van der Waals surface area contributed by atoms with Crippen LogP contribution in [0.2, 0.25) is 0 Å². The molecule has 1 aromatic heterocycles. The third-order valence-electron chi connectivity index (χ3n) is 6.62. The molecule has 1 aliphatic heterocycles. The molecule has 0 bridgehead atoms. The van der Waals surface area contributed by atoms with E-state index in [4.69, 9.17) is 9.47 Å². The van der Waals surface area contributed by atoms with E-state index >= 15 is 0 Å². The number of para-hydroxylation sites is 2. The van der Waals surface area contributed by atoms with Crippen LogP contribution in [0.25, 0.3) is 0 Å². The molecule has 196 valence electrons. The van der Waals surface area contributed by atoms with Gasteiger partial charge in [0.15, 0.2) is 0 Å². The fourth-order valence-electron chi connectivity index (χ4n) is 4.69. The molecule has 2 aromatic carbocycles. The number of hydrogen-bond donors (Lipinski definition) is 2. The van der Waals surface area contributed by atoms with E-state index in [1.165, 1.54) is 0 Å². The Balaban J connectivity index is 1.36. The lowest BCUT2D eigenvalue weighted by atomic mass is 10.0. The summed E-state index contributed by atoms with van der Waals surface area (Å²) in [6, 6.07) is 19.3. The summed E-state index contributed by atoms with van der Waals surface area (Å²) in [5.41, 5.74) is 1.98. The Morgan fingerprint density at radius 3 is 2.30 bits per heavy atom. The van der Waals surface area contributed by atoms with Crippen LogP contribution in [0.5, 0.6) is 11.5 Å². The molecule has 3 aromatic rings. The van der Waals surface area contributed by atoms with Gasteiger partial charge in [-0.05, 0) is 48.2 Å². The summed E-state index contributed by atoms with van der Waals surface area (Å²) in [7, 11) is 3.30. The molecule has 9 heteroatoms. The van der Waals surface area contributed by atoms with Crippen LogP contribution >= 0.6 is 11.3 Å². The van der Waals surface area contributed by atoms with Crippen LogP contribution in [0.3, 0.4) is 0 Å². The van der Waals surface area contributed by atoms with Crippen LogP contribution in [0.4, 0.5) is 5.69 Å². The molecule has 0 radical (unpaired) electrons.